The first-order valence-corrected chi connectivity index (χ1v) is 7.15. The molecule has 2 rings (SSSR count). The first kappa shape index (κ1) is 14.3. The van der Waals surface area contributed by atoms with Crippen LogP contribution in [0.1, 0.15) is 32.3 Å². The van der Waals surface area contributed by atoms with Gasteiger partial charge in [0.15, 0.2) is 0 Å². The third kappa shape index (κ3) is 4.23. The second-order valence-corrected chi connectivity index (χ2v) is 4.64. The third-order valence-corrected chi connectivity index (χ3v) is 2.85. The lowest BCUT2D eigenvalue weighted by Gasteiger charge is -2.07. The summed E-state index contributed by atoms with van der Waals surface area (Å²) in [5, 5.41) is 3.14. The van der Waals surface area contributed by atoms with E-state index in [1.54, 1.807) is 12.3 Å². The van der Waals surface area contributed by atoms with Gasteiger partial charge in [-0.2, -0.15) is 4.98 Å². The number of rotatable bonds is 7. The van der Waals surface area contributed by atoms with Gasteiger partial charge in [0, 0.05) is 18.8 Å². The van der Waals surface area contributed by atoms with E-state index in [4.69, 9.17) is 4.74 Å². The zero-order valence-electron chi connectivity index (χ0n) is 12.1. The predicted octanol–water partition coefficient (Wildman–Crippen LogP) is 4.04. The average molecular weight is 271 g/mol. The van der Waals surface area contributed by atoms with Gasteiger partial charge >= 0.3 is 0 Å². The molecule has 1 aromatic carbocycles. The topological polar surface area (TPSA) is 47.0 Å². The Morgan fingerprint density at radius 2 is 1.85 bits per heavy atom. The minimum atomic E-state index is 0.557. The van der Waals surface area contributed by atoms with Gasteiger partial charge in [0.2, 0.25) is 11.8 Å². The fourth-order valence-electron chi connectivity index (χ4n) is 1.85. The molecule has 0 radical (unpaired) electrons. The van der Waals surface area contributed by atoms with E-state index in [0.717, 1.165) is 31.6 Å². The van der Waals surface area contributed by atoms with Crippen LogP contribution in [0.3, 0.4) is 0 Å². The summed E-state index contributed by atoms with van der Waals surface area (Å²) in [4.78, 5) is 8.47. The molecule has 20 heavy (non-hydrogen) atoms. The van der Waals surface area contributed by atoms with E-state index in [2.05, 4.69) is 41.3 Å². The Labute approximate surface area is 120 Å². The van der Waals surface area contributed by atoms with Crippen LogP contribution in [-0.2, 0) is 6.42 Å². The highest BCUT2D eigenvalue weighted by molar-refractivity contribution is 5.33. The molecule has 0 unspecified atom stereocenters. The number of hydrogen-bond donors (Lipinski definition) is 1. The van der Waals surface area contributed by atoms with Gasteiger partial charge in [0.25, 0.3) is 0 Å². The van der Waals surface area contributed by atoms with E-state index in [1.807, 2.05) is 12.1 Å². The Hall–Kier alpha value is -2.10. The number of aryl methyl sites for hydroxylation is 1. The fraction of sp³-hybridized carbons (Fsp3) is 0.375. The Morgan fingerprint density at radius 1 is 1.05 bits per heavy atom. The minimum Gasteiger partial charge on any atom is -0.439 e. The zero-order valence-corrected chi connectivity index (χ0v) is 12.1. The largest absolute Gasteiger partial charge is 0.439 e. The van der Waals surface area contributed by atoms with Crippen LogP contribution >= 0.6 is 0 Å². The number of benzene rings is 1. The molecule has 106 valence electrons. The molecule has 0 spiro atoms. The molecule has 0 aliphatic carbocycles. The Morgan fingerprint density at radius 3 is 2.55 bits per heavy atom. The molecule has 0 atom stereocenters. The second-order valence-electron chi connectivity index (χ2n) is 4.64. The van der Waals surface area contributed by atoms with Crippen molar-refractivity contribution in [3.8, 4) is 11.6 Å². The summed E-state index contributed by atoms with van der Waals surface area (Å²) < 4.78 is 5.74. The van der Waals surface area contributed by atoms with Crippen molar-refractivity contribution in [2.45, 2.75) is 33.1 Å². The van der Waals surface area contributed by atoms with Crippen molar-refractivity contribution in [3.05, 3.63) is 42.1 Å². The van der Waals surface area contributed by atoms with Gasteiger partial charge in [0.05, 0.1) is 0 Å². The number of hydrogen-bond acceptors (Lipinski definition) is 4. The molecular weight excluding hydrogens is 250 g/mol. The third-order valence-electron chi connectivity index (χ3n) is 2.85. The van der Waals surface area contributed by atoms with E-state index in [0.29, 0.717) is 11.8 Å². The molecule has 0 saturated carbocycles. The van der Waals surface area contributed by atoms with Crippen LogP contribution in [0.2, 0.25) is 0 Å². The van der Waals surface area contributed by atoms with Crippen molar-refractivity contribution in [1.29, 1.82) is 0 Å². The molecule has 0 aliphatic rings. The molecule has 2 aromatic rings. The highest BCUT2D eigenvalue weighted by Crippen LogP contribution is 2.20. The van der Waals surface area contributed by atoms with Gasteiger partial charge in [-0.05, 0) is 30.5 Å². The van der Waals surface area contributed by atoms with Crippen LogP contribution in [0.25, 0.3) is 0 Å². The zero-order chi connectivity index (χ0) is 14.2. The van der Waals surface area contributed by atoms with Gasteiger partial charge in [-0.25, -0.2) is 4.98 Å². The summed E-state index contributed by atoms with van der Waals surface area (Å²) in [7, 11) is 0. The SMILES string of the molecule is CCCNc1nccc(Oc2ccc(CCC)cc2)n1. The molecule has 4 heteroatoms. The van der Waals surface area contributed by atoms with Crippen LogP contribution in [0.4, 0.5) is 5.95 Å². The van der Waals surface area contributed by atoms with Crippen molar-refractivity contribution >= 4 is 5.95 Å². The first-order valence-electron chi connectivity index (χ1n) is 7.15. The van der Waals surface area contributed by atoms with Crippen LogP contribution < -0.4 is 10.1 Å². The minimum absolute atomic E-state index is 0.557. The molecule has 0 bridgehead atoms. The van der Waals surface area contributed by atoms with Gasteiger partial charge < -0.3 is 10.1 Å². The maximum atomic E-state index is 5.74. The highest BCUT2D eigenvalue weighted by Gasteiger charge is 2.01. The van der Waals surface area contributed by atoms with E-state index in [1.165, 1.54) is 5.56 Å². The van der Waals surface area contributed by atoms with Gasteiger partial charge in [-0.1, -0.05) is 32.4 Å². The number of anilines is 1. The molecule has 1 N–H and O–H groups in total. The summed E-state index contributed by atoms with van der Waals surface area (Å²) in [6.07, 6.45) is 4.98. The van der Waals surface area contributed by atoms with E-state index in [-0.39, 0.29) is 0 Å². The molecule has 1 aromatic heterocycles. The lowest BCUT2D eigenvalue weighted by molar-refractivity contribution is 0.462. The van der Waals surface area contributed by atoms with Crippen molar-refractivity contribution < 1.29 is 4.74 Å². The second kappa shape index (κ2) is 7.48. The number of nitrogens with zero attached hydrogens (tertiary/aromatic N) is 2. The van der Waals surface area contributed by atoms with Crippen molar-refractivity contribution in [3.63, 3.8) is 0 Å². The molecule has 0 aliphatic heterocycles. The smallest absolute Gasteiger partial charge is 0.225 e. The maximum absolute atomic E-state index is 5.74. The Balaban J connectivity index is 2.01. The molecule has 4 nitrogen and oxygen atoms in total. The Bertz CT molecular complexity index is 526. The van der Waals surface area contributed by atoms with Crippen molar-refractivity contribution in [1.82, 2.24) is 9.97 Å². The highest BCUT2D eigenvalue weighted by atomic mass is 16.5. The van der Waals surface area contributed by atoms with Gasteiger partial charge in [0.1, 0.15) is 5.75 Å². The maximum Gasteiger partial charge on any atom is 0.225 e. The summed E-state index contributed by atoms with van der Waals surface area (Å²) in [6.45, 7) is 5.14. The first-order chi connectivity index (χ1) is 9.81. The average Bonchev–Trinajstić information content (AvgIpc) is 2.48. The molecule has 1 heterocycles. The molecule has 0 fully saturated rings. The van der Waals surface area contributed by atoms with E-state index >= 15 is 0 Å². The summed E-state index contributed by atoms with van der Waals surface area (Å²) >= 11 is 0. The summed E-state index contributed by atoms with van der Waals surface area (Å²) in [5.41, 5.74) is 1.33. The normalized spacial score (nSPS) is 10.3. The summed E-state index contributed by atoms with van der Waals surface area (Å²) in [6, 6.07) is 9.90. The Kier molecular flexibility index (Phi) is 5.35. The lowest BCUT2D eigenvalue weighted by Crippen LogP contribution is -2.04. The molecule has 0 amide bonds. The van der Waals surface area contributed by atoms with E-state index in [9.17, 15) is 0 Å². The predicted molar refractivity (Wildman–Crippen MR) is 81.3 cm³/mol. The number of ether oxygens (including phenoxy) is 1. The lowest BCUT2D eigenvalue weighted by atomic mass is 10.1. The fourth-order valence-corrected chi connectivity index (χ4v) is 1.85. The number of nitrogens with one attached hydrogen (secondary N) is 1. The van der Waals surface area contributed by atoms with E-state index < -0.39 is 0 Å². The van der Waals surface area contributed by atoms with Crippen LogP contribution in [-0.4, -0.2) is 16.5 Å². The molecule has 0 saturated heterocycles. The number of aromatic nitrogens is 2. The van der Waals surface area contributed by atoms with Gasteiger partial charge in [-0.15, -0.1) is 0 Å². The standard InChI is InChI=1S/C16H21N3O/c1-3-5-13-6-8-14(9-7-13)20-15-10-12-18-16(19-15)17-11-4-2/h6-10,12H,3-5,11H2,1-2H3,(H,17,18,19). The molecular formula is C16H21N3O. The van der Waals surface area contributed by atoms with Crippen LogP contribution in [0, 0.1) is 0 Å². The van der Waals surface area contributed by atoms with Crippen LogP contribution in [0.5, 0.6) is 11.6 Å². The van der Waals surface area contributed by atoms with Gasteiger partial charge in [-0.3, -0.25) is 0 Å². The quantitative estimate of drug-likeness (QED) is 0.825. The monoisotopic (exact) mass is 271 g/mol. The van der Waals surface area contributed by atoms with Crippen molar-refractivity contribution in [2.75, 3.05) is 11.9 Å². The van der Waals surface area contributed by atoms with Crippen molar-refractivity contribution in [2.24, 2.45) is 0 Å². The van der Waals surface area contributed by atoms with Crippen LogP contribution in [0.15, 0.2) is 36.5 Å². The summed E-state index contributed by atoms with van der Waals surface area (Å²) in [5.74, 6) is 1.96.